The van der Waals surface area contributed by atoms with Crippen molar-refractivity contribution in [3.8, 4) is 0 Å². The highest BCUT2D eigenvalue weighted by atomic mass is 79.9. The van der Waals surface area contributed by atoms with Gasteiger partial charge in [-0.25, -0.2) is 8.78 Å². The van der Waals surface area contributed by atoms with Gasteiger partial charge in [-0.2, -0.15) is 0 Å². The Bertz CT molecular complexity index is 428. The number of halogens is 3. The topological polar surface area (TPSA) is 29.1 Å². The molecule has 2 atom stereocenters. The molecule has 0 heterocycles. The first-order valence-corrected chi connectivity index (χ1v) is 7.59. The molecule has 17 heavy (non-hydrogen) atoms. The van der Waals surface area contributed by atoms with Crippen molar-refractivity contribution in [3.05, 3.63) is 33.8 Å². The van der Waals surface area contributed by atoms with Crippen LogP contribution in [0.3, 0.4) is 0 Å². The molecule has 0 bridgehead atoms. The average molecular weight is 326 g/mol. The Morgan fingerprint density at radius 1 is 1.47 bits per heavy atom. The molecule has 0 aliphatic heterocycles. The first-order chi connectivity index (χ1) is 7.91. The largest absolute Gasteiger partial charge is 0.309 e. The normalized spacial score (nSPS) is 14.6. The molecular weight excluding hydrogens is 312 g/mol. The summed E-state index contributed by atoms with van der Waals surface area (Å²) in [7, 11) is -0.928. The molecule has 1 aromatic rings. The Hall–Kier alpha value is -0.330. The second-order valence-corrected chi connectivity index (χ2v) is 6.18. The molecule has 0 spiro atoms. The van der Waals surface area contributed by atoms with Crippen LogP contribution in [0.25, 0.3) is 0 Å². The molecular formula is C11H14BrF2NOS. The standard InChI is InChI=1S/C11H14BrF2NOS/c1-7(6-17(2)16)15-5-8-10(13)4-3-9(12)11(8)14/h3-4,7,15H,5-6H2,1-2H3. The van der Waals surface area contributed by atoms with Crippen molar-refractivity contribution in [1.29, 1.82) is 0 Å². The van der Waals surface area contributed by atoms with Gasteiger partial charge >= 0.3 is 0 Å². The molecule has 0 aliphatic carbocycles. The van der Waals surface area contributed by atoms with Crippen LogP contribution < -0.4 is 5.32 Å². The molecule has 0 aliphatic rings. The Morgan fingerprint density at radius 3 is 2.71 bits per heavy atom. The SMILES string of the molecule is CC(CS(C)=O)NCc1c(F)ccc(Br)c1F. The Balaban J connectivity index is 2.69. The average Bonchev–Trinajstić information content (AvgIpc) is 2.23. The van der Waals surface area contributed by atoms with Gasteiger partial charge < -0.3 is 5.32 Å². The zero-order valence-corrected chi connectivity index (χ0v) is 12.0. The minimum Gasteiger partial charge on any atom is -0.309 e. The summed E-state index contributed by atoms with van der Waals surface area (Å²) in [5.41, 5.74) is -0.00638. The Kier molecular flexibility index (Phi) is 5.69. The van der Waals surface area contributed by atoms with Crippen molar-refractivity contribution in [2.24, 2.45) is 0 Å². The van der Waals surface area contributed by atoms with Crippen LogP contribution >= 0.6 is 15.9 Å². The van der Waals surface area contributed by atoms with Crippen molar-refractivity contribution >= 4 is 26.7 Å². The minimum absolute atomic E-state index is 0.00638. The molecule has 1 aromatic carbocycles. The molecule has 96 valence electrons. The lowest BCUT2D eigenvalue weighted by Gasteiger charge is -2.13. The van der Waals surface area contributed by atoms with Gasteiger partial charge in [0.15, 0.2) is 0 Å². The summed E-state index contributed by atoms with van der Waals surface area (Å²) in [6.07, 6.45) is 1.60. The van der Waals surface area contributed by atoms with Crippen molar-refractivity contribution in [2.45, 2.75) is 19.5 Å². The predicted molar refractivity (Wildman–Crippen MR) is 69.3 cm³/mol. The number of benzene rings is 1. The first kappa shape index (κ1) is 14.7. The van der Waals surface area contributed by atoms with Crippen LogP contribution in [0, 0.1) is 11.6 Å². The van der Waals surface area contributed by atoms with E-state index in [0.29, 0.717) is 5.75 Å². The lowest BCUT2D eigenvalue weighted by molar-refractivity contribution is 0.513. The molecule has 0 radical (unpaired) electrons. The van der Waals surface area contributed by atoms with E-state index in [2.05, 4.69) is 21.2 Å². The summed E-state index contributed by atoms with van der Waals surface area (Å²) >= 11 is 3.01. The molecule has 0 aromatic heterocycles. The summed E-state index contributed by atoms with van der Waals surface area (Å²) < 4.78 is 38.2. The van der Waals surface area contributed by atoms with E-state index >= 15 is 0 Å². The van der Waals surface area contributed by atoms with E-state index in [0.717, 1.165) is 0 Å². The van der Waals surface area contributed by atoms with Crippen molar-refractivity contribution in [2.75, 3.05) is 12.0 Å². The molecule has 0 saturated heterocycles. The quantitative estimate of drug-likeness (QED) is 0.843. The fourth-order valence-corrected chi connectivity index (χ4v) is 2.61. The van der Waals surface area contributed by atoms with E-state index in [-0.39, 0.29) is 22.6 Å². The summed E-state index contributed by atoms with van der Waals surface area (Å²) in [5, 5.41) is 2.95. The maximum atomic E-state index is 13.6. The van der Waals surface area contributed by atoms with E-state index in [1.807, 2.05) is 6.92 Å². The van der Waals surface area contributed by atoms with Gasteiger partial charge in [-0.15, -0.1) is 0 Å². The molecule has 0 saturated carbocycles. The highest BCUT2D eigenvalue weighted by molar-refractivity contribution is 9.10. The molecule has 0 fully saturated rings. The molecule has 6 heteroatoms. The van der Waals surface area contributed by atoms with Crippen molar-refractivity contribution in [1.82, 2.24) is 5.32 Å². The zero-order chi connectivity index (χ0) is 13.0. The fraction of sp³-hybridized carbons (Fsp3) is 0.455. The van der Waals surface area contributed by atoms with Gasteiger partial charge in [0, 0.05) is 41.0 Å². The smallest absolute Gasteiger partial charge is 0.144 e. The maximum Gasteiger partial charge on any atom is 0.144 e. The van der Waals surface area contributed by atoms with Gasteiger partial charge in [-0.1, -0.05) is 0 Å². The van der Waals surface area contributed by atoms with Crippen molar-refractivity contribution < 1.29 is 13.0 Å². The van der Waals surface area contributed by atoms with Gasteiger partial charge in [-0.05, 0) is 35.0 Å². The van der Waals surface area contributed by atoms with Crippen LogP contribution in [0.4, 0.5) is 8.78 Å². The van der Waals surface area contributed by atoms with Gasteiger partial charge in [-0.3, -0.25) is 4.21 Å². The van der Waals surface area contributed by atoms with Gasteiger partial charge in [0.05, 0.1) is 4.47 Å². The van der Waals surface area contributed by atoms with E-state index < -0.39 is 22.4 Å². The van der Waals surface area contributed by atoms with Crippen molar-refractivity contribution in [3.63, 3.8) is 0 Å². The lowest BCUT2D eigenvalue weighted by Crippen LogP contribution is -2.31. The highest BCUT2D eigenvalue weighted by Gasteiger charge is 2.13. The van der Waals surface area contributed by atoms with Crippen LogP contribution in [-0.2, 0) is 17.3 Å². The Morgan fingerprint density at radius 2 is 2.12 bits per heavy atom. The Labute approximate surface area is 110 Å². The predicted octanol–water partition coefficient (Wildman–Crippen LogP) is 2.58. The highest BCUT2D eigenvalue weighted by Crippen LogP contribution is 2.21. The second kappa shape index (κ2) is 6.56. The minimum atomic E-state index is -0.928. The third kappa shape index (κ3) is 4.44. The van der Waals surface area contributed by atoms with Gasteiger partial charge in [0.25, 0.3) is 0 Å². The zero-order valence-electron chi connectivity index (χ0n) is 9.60. The molecule has 1 rings (SSSR count). The third-order valence-electron chi connectivity index (χ3n) is 2.25. The van der Waals surface area contributed by atoms with Crippen LogP contribution in [0.5, 0.6) is 0 Å². The van der Waals surface area contributed by atoms with Gasteiger partial charge in [0.1, 0.15) is 11.6 Å². The van der Waals surface area contributed by atoms with Gasteiger partial charge in [0.2, 0.25) is 0 Å². The number of rotatable bonds is 5. The maximum absolute atomic E-state index is 13.6. The lowest BCUT2D eigenvalue weighted by atomic mass is 10.2. The summed E-state index contributed by atoms with van der Waals surface area (Å²) in [4.78, 5) is 0. The van der Waals surface area contributed by atoms with E-state index in [4.69, 9.17) is 0 Å². The molecule has 2 unspecified atom stereocenters. The van der Waals surface area contributed by atoms with Crippen LogP contribution in [0.15, 0.2) is 16.6 Å². The van der Waals surface area contributed by atoms with Crippen LogP contribution in [-0.4, -0.2) is 22.3 Å². The monoisotopic (exact) mass is 325 g/mol. The third-order valence-corrected chi connectivity index (χ3v) is 3.83. The first-order valence-electron chi connectivity index (χ1n) is 5.07. The number of hydrogen-bond donors (Lipinski definition) is 1. The summed E-state index contributed by atoms with van der Waals surface area (Å²) in [5.74, 6) is -0.720. The fourth-order valence-electron chi connectivity index (χ4n) is 1.42. The van der Waals surface area contributed by atoms with Crippen LogP contribution in [0.2, 0.25) is 0 Å². The second-order valence-electron chi connectivity index (χ2n) is 3.84. The number of hydrogen-bond acceptors (Lipinski definition) is 2. The van der Waals surface area contributed by atoms with E-state index in [1.54, 1.807) is 6.26 Å². The van der Waals surface area contributed by atoms with Crippen LogP contribution in [0.1, 0.15) is 12.5 Å². The molecule has 0 amide bonds. The molecule has 1 N–H and O–H groups in total. The number of nitrogens with one attached hydrogen (secondary N) is 1. The molecule has 2 nitrogen and oxygen atoms in total. The van der Waals surface area contributed by atoms with E-state index in [9.17, 15) is 13.0 Å². The van der Waals surface area contributed by atoms with E-state index in [1.165, 1.54) is 12.1 Å². The summed E-state index contributed by atoms with van der Waals surface area (Å²) in [6, 6.07) is 2.49. The summed E-state index contributed by atoms with van der Waals surface area (Å²) in [6.45, 7) is 1.91.